The molecule has 0 bridgehead atoms. The zero-order chi connectivity index (χ0) is 24.3. The van der Waals surface area contributed by atoms with Crippen LogP contribution in [0.1, 0.15) is 40.2 Å². The second-order valence-electron chi connectivity index (χ2n) is 8.36. The van der Waals surface area contributed by atoms with E-state index in [0.29, 0.717) is 44.2 Å². The van der Waals surface area contributed by atoms with Crippen LogP contribution in [0.2, 0.25) is 0 Å². The molecule has 3 aromatic carbocycles. The van der Waals surface area contributed by atoms with E-state index in [-0.39, 0.29) is 22.6 Å². The number of nitrogens with zero attached hydrogens (tertiary/aromatic N) is 2. The SMILES string of the molecule is CCOc1ccc([C@@H]2c3c(oc4ccc(C)cc4c3=O)C(=O)N2c2nc3ccc(F)cc3s2)cc1. The molecule has 0 fully saturated rings. The van der Waals surface area contributed by atoms with Gasteiger partial charge in [0.15, 0.2) is 10.6 Å². The van der Waals surface area contributed by atoms with Crippen molar-refractivity contribution < 1.29 is 18.3 Å². The first-order valence-electron chi connectivity index (χ1n) is 11.1. The van der Waals surface area contributed by atoms with Gasteiger partial charge in [0.1, 0.15) is 17.1 Å². The van der Waals surface area contributed by atoms with Gasteiger partial charge in [0.25, 0.3) is 5.91 Å². The monoisotopic (exact) mass is 486 g/mol. The fourth-order valence-electron chi connectivity index (χ4n) is 4.50. The zero-order valence-corrected chi connectivity index (χ0v) is 19.7. The maximum atomic E-state index is 13.8. The van der Waals surface area contributed by atoms with E-state index >= 15 is 0 Å². The van der Waals surface area contributed by atoms with Gasteiger partial charge < -0.3 is 9.15 Å². The number of aromatic nitrogens is 1. The third kappa shape index (κ3) is 3.40. The van der Waals surface area contributed by atoms with E-state index in [0.717, 1.165) is 5.56 Å². The third-order valence-electron chi connectivity index (χ3n) is 6.08. The number of fused-ring (bicyclic) bond motifs is 3. The van der Waals surface area contributed by atoms with E-state index in [1.54, 1.807) is 30.3 Å². The fourth-order valence-corrected chi connectivity index (χ4v) is 5.52. The smallest absolute Gasteiger partial charge is 0.297 e. The summed E-state index contributed by atoms with van der Waals surface area (Å²) in [4.78, 5) is 33.5. The molecule has 0 radical (unpaired) electrons. The van der Waals surface area contributed by atoms with Crippen LogP contribution in [-0.4, -0.2) is 17.5 Å². The van der Waals surface area contributed by atoms with Crippen LogP contribution in [0.15, 0.2) is 69.9 Å². The summed E-state index contributed by atoms with van der Waals surface area (Å²) in [6.45, 7) is 4.32. The molecule has 1 aliphatic rings. The molecule has 0 spiro atoms. The lowest BCUT2D eigenvalue weighted by atomic mass is 9.98. The number of halogens is 1. The molecular formula is C27H19FN2O4S. The Labute approximate surface area is 203 Å². The van der Waals surface area contributed by atoms with Gasteiger partial charge in [-0.2, -0.15) is 0 Å². The highest BCUT2D eigenvalue weighted by molar-refractivity contribution is 7.22. The topological polar surface area (TPSA) is 72.6 Å². The number of carbonyl (C=O) groups excluding carboxylic acids is 1. The van der Waals surface area contributed by atoms with E-state index in [9.17, 15) is 14.0 Å². The van der Waals surface area contributed by atoms with Crippen LogP contribution in [0.4, 0.5) is 9.52 Å². The van der Waals surface area contributed by atoms with E-state index < -0.39 is 11.9 Å². The van der Waals surface area contributed by atoms with Crippen LogP contribution < -0.4 is 15.1 Å². The van der Waals surface area contributed by atoms with Crippen molar-refractivity contribution in [2.24, 2.45) is 0 Å². The molecule has 1 amide bonds. The van der Waals surface area contributed by atoms with Crippen molar-refractivity contribution in [2.45, 2.75) is 19.9 Å². The minimum Gasteiger partial charge on any atom is -0.494 e. The number of carbonyl (C=O) groups is 1. The first-order chi connectivity index (χ1) is 16.9. The van der Waals surface area contributed by atoms with Gasteiger partial charge in [-0.25, -0.2) is 9.37 Å². The fraction of sp³-hybridized carbons (Fsp3) is 0.148. The average molecular weight is 487 g/mol. The molecular weight excluding hydrogens is 467 g/mol. The van der Waals surface area contributed by atoms with Crippen molar-refractivity contribution in [3.63, 3.8) is 0 Å². The highest BCUT2D eigenvalue weighted by Crippen LogP contribution is 2.44. The second-order valence-corrected chi connectivity index (χ2v) is 9.37. The molecule has 0 unspecified atom stereocenters. The Morgan fingerprint density at radius 2 is 1.89 bits per heavy atom. The zero-order valence-electron chi connectivity index (χ0n) is 18.9. The van der Waals surface area contributed by atoms with Gasteiger partial charge in [-0.15, -0.1) is 0 Å². The van der Waals surface area contributed by atoms with Crippen LogP contribution in [0, 0.1) is 12.7 Å². The Hall–Kier alpha value is -4.04. The van der Waals surface area contributed by atoms with E-state index in [1.165, 1.54) is 28.4 Å². The Kier molecular flexibility index (Phi) is 4.93. The first-order valence-corrected chi connectivity index (χ1v) is 12.0. The van der Waals surface area contributed by atoms with Crippen molar-refractivity contribution in [1.29, 1.82) is 0 Å². The normalized spacial score (nSPS) is 15.2. The number of anilines is 1. The van der Waals surface area contributed by atoms with E-state index in [1.807, 2.05) is 32.0 Å². The van der Waals surface area contributed by atoms with Gasteiger partial charge in [0.2, 0.25) is 5.76 Å². The van der Waals surface area contributed by atoms with Crippen molar-refractivity contribution in [3.05, 3.63) is 99.2 Å². The Morgan fingerprint density at radius 1 is 1.09 bits per heavy atom. The minimum atomic E-state index is -0.750. The molecule has 8 heteroatoms. The van der Waals surface area contributed by atoms with Gasteiger partial charge in [-0.05, 0) is 61.9 Å². The number of rotatable bonds is 4. The summed E-state index contributed by atoms with van der Waals surface area (Å²) in [5.74, 6) is -0.164. The summed E-state index contributed by atoms with van der Waals surface area (Å²) in [5, 5.41) is 0.779. The molecule has 174 valence electrons. The molecule has 0 saturated carbocycles. The Balaban J connectivity index is 1.60. The van der Waals surface area contributed by atoms with Gasteiger partial charge in [0.05, 0.1) is 33.8 Å². The Bertz CT molecular complexity index is 1690. The molecule has 1 atom stereocenters. The summed E-state index contributed by atoms with van der Waals surface area (Å²) in [6, 6.07) is 16.1. The summed E-state index contributed by atoms with van der Waals surface area (Å²) in [5.41, 5.74) is 2.56. The van der Waals surface area contributed by atoms with Gasteiger partial charge >= 0.3 is 0 Å². The van der Waals surface area contributed by atoms with Gasteiger partial charge in [-0.1, -0.05) is 35.1 Å². The number of hydrogen-bond donors (Lipinski definition) is 0. The molecule has 2 aromatic heterocycles. The highest BCUT2D eigenvalue weighted by Gasteiger charge is 2.45. The number of amides is 1. The summed E-state index contributed by atoms with van der Waals surface area (Å²) >= 11 is 1.19. The largest absolute Gasteiger partial charge is 0.494 e. The number of ether oxygens (including phenoxy) is 1. The molecule has 0 N–H and O–H groups in total. The number of aryl methyl sites for hydroxylation is 1. The maximum absolute atomic E-state index is 13.8. The lowest BCUT2D eigenvalue weighted by Gasteiger charge is -2.22. The molecule has 6 nitrogen and oxygen atoms in total. The summed E-state index contributed by atoms with van der Waals surface area (Å²) in [7, 11) is 0. The molecule has 5 aromatic rings. The minimum absolute atomic E-state index is 0.00401. The van der Waals surface area contributed by atoms with Crippen LogP contribution in [0.3, 0.4) is 0 Å². The van der Waals surface area contributed by atoms with Crippen LogP contribution >= 0.6 is 11.3 Å². The van der Waals surface area contributed by atoms with Crippen LogP contribution in [0.5, 0.6) is 5.75 Å². The molecule has 1 aliphatic heterocycles. The molecule has 0 aliphatic carbocycles. The van der Waals surface area contributed by atoms with Crippen molar-refractivity contribution in [3.8, 4) is 5.75 Å². The lowest BCUT2D eigenvalue weighted by Crippen LogP contribution is -2.29. The summed E-state index contributed by atoms with van der Waals surface area (Å²) in [6.07, 6.45) is 0. The second kappa shape index (κ2) is 8.02. The maximum Gasteiger partial charge on any atom is 0.297 e. The lowest BCUT2D eigenvalue weighted by molar-refractivity contribution is 0.0971. The van der Waals surface area contributed by atoms with Gasteiger partial charge in [-0.3, -0.25) is 14.5 Å². The number of thiazole rings is 1. The molecule has 3 heterocycles. The molecule has 35 heavy (non-hydrogen) atoms. The van der Waals surface area contributed by atoms with Crippen LogP contribution in [0.25, 0.3) is 21.2 Å². The number of hydrogen-bond acceptors (Lipinski definition) is 6. The van der Waals surface area contributed by atoms with Gasteiger partial charge in [0, 0.05) is 0 Å². The quantitative estimate of drug-likeness (QED) is 0.312. The number of benzene rings is 3. The Morgan fingerprint density at radius 3 is 2.66 bits per heavy atom. The van der Waals surface area contributed by atoms with Crippen LogP contribution in [-0.2, 0) is 0 Å². The predicted octanol–water partition coefficient (Wildman–Crippen LogP) is 6.00. The molecule has 6 rings (SSSR count). The third-order valence-corrected chi connectivity index (χ3v) is 7.10. The van der Waals surface area contributed by atoms with Crippen molar-refractivity contribution >= 4 is 43.6 Å². The average Bonchev–Trinajstić information content (AvgIpc) is 3.38. The highest BCUT2D eigenvalue weighted by atomic mass is 32.1. The summed E-state index contributed by atoms with van der Waals surface area (Å²) < 4.78 is 26.0. The predicted molar refractivity (Wildman–Crippen MR) is 133 cm³/mol. The first kappa shape index (κ1) is 21.5. The standard InChI is InChI=1S/C27H19FN2O4S/c1-3-33-17-8-5-15(6-9-17)23-22-24(31)18-12-14(2)4-11-20(18)34-25(22)26(32)30(23)27-29-19-10-7-16(28)13-21(19)35-27/h4-13,23H,3H2,1-2H3/t23-/m1/s1. The van der Waals surface area contributed by atoms with Crippen molar-refractivity contribution in [1.82, 2.24) is 4.98 Å². The van der Waals surface area contributed by atoms with E-state index in [2.05, 4.69) is 4.98 Å². The molecule has 0 saturated heterocycles. The van der Waals surface area contributed by atoms with Crippen molar-refractivity contribution in [2.75, 3.05) is 11.5 Å². The van der Waals surface area contributed by atoms with E-state index in [4.69, 9.17) is 9.15 Å².